The molecule has 5 nitrogen and oxygen atoms in total. The van der Waals surface area contributed by atoms with Gasteiger partial charge in [0.2, 0.25) is 10.0 Å². The number of hydrogen-bond acceptors (Lipinski definition) is 5. The molecule has 2 aromatic rings. The molecule has 0 unspecified atom stereocenters. The maximum Gasteiger partial charge on any atom is 0.307 e. The number of benzene rings is 1. The predicted molar refractivity (Wildman–Crippen MR) is 90.4 cm³/mol. The van der Waals surface area contributed by atoms with Gasteiger partial charge in [-0.05, 0) is 23.6 Å². The average molecular weight is 394 g/mol. The second-order valence-corrected chi connectivity index (χ2v) is 8.26. The van der Waals surface area contributed by atoms with Gasteiger partial charge in [0.25, 0.3) is 0 Å². The third kappa shape index (κ3) is 5.47. The number of carbonyl (C=O) groups excluding carboxylic acids is 1. The van der Waals surface area contributed by atoms with Crippen molar-refractivity contribution in [3.63, 3.8) is 0 Å². The van der Waals surface area contributed by atoms with Crippen molar-refractivity contribution in [2.45, 2.75) is 17.2 Å². The first-order valence-electron chi connectivity index (χ1n) is 6.51. The third-order valence-corrected chi connectivity index (χ3v) is 6.23. The van der Waals surface area contributed by atoms with Crippen molar-refractivity contribution in [1.82, 2.24) is 4.72 Å². The van der Waals surface area contributed by atoms with E-state index in [-0.39, 0.29) is 23.8 Å². The molecule has 0 amide bonds. The number of hydrogen-bond donors (Lipinski definition) is 1. The Morgan fingerprint density at radius 1 is 1.26 bits per heavy atom. The molecule has 0 aliphatic carbocycles. The topological polar surface area (TPSA) is 72.5 Å². The summed E-state index contributed by atoms with van der Waals surface area (Å²) in [5, 5.41) is 2.57. The zero-order valence-corrected chi connectivity index (χ0v) is 14.9. The van der Waals surface area contributed by atoms with E-state index in [1.807, 2.05) is 0 Å². The lowest BCUT2D eigenvalue weighted by Gasteiger charge is -2.07. The molecule has 9 heteroatoms. The minimum absolute atomic E-state index is 0.00646. The lowest BCUT2D eigenvalue weighted by atomic mass is 10.2. The third-order valence-electron chi connectivity index (χ3n) is 2.78. The van der Waals surface area contributed by atoms with Crippen molar-refractivity contribution in [3.05, 3.63) is 51.3 Å². The zero-order chi connectivity index (χ0) is 16.9. The number of sulfonamides is 1. The zero-order valence-electron chi connectivity index (χ0n) is 11.8. The van der Waals surface area contributed by atoms with Gasteiger partial charge in [-0.15, -0.1) is 11.3 Å². The van der Waals surface area contributed by atoms with Crippen LogP contribution in [0.2, 0.25) is 10.0 Å². The summed E-state index contributed by atoms with van der Waals surface area (Å²) < 4.78 is 31.3. The van der Waals surface area contributed by atoms with Gasteiger partial charge in [0.05, 0.1) is 6.42 Å². The van der Waals surface area contributed by atoms with Crippen LogP contribution in [0.5, 0.6) is 0 Å². The molecule has 1 heterocycles. The number of thiophene rings is 1. The van der Waals surface area contributed by atoms with E-state index in [1.165, 1.54) is 6.07 Å². The molecule has 0 aliphatic heterocycles. The van der Waals surface area contributed by atoms with E-state index in [1.54, 1.807) is 29.6 Å². The van der Waals surface area contributed by atoms with Gasteiger partial charge in [-0.1, -0.05) is 35.3 Å². The summed E-state index contributed by atoms with van der Waals surface area (Å²) >= 11 is 12.9. The highest BCUT2D eigenvalue weighted by Gasteiger charge is 2.15. The normalized spacial score (nSPS) is 11.4. The Morgan fingerprint density at radius 3 is 2.70 bits per heavy atom. The summed E-state index contributed by atoms with van der Waals surface area (Å²) in [5.74, 6) is -0.523. The lowest BCUT2D eigenvalue weighted by Crippen LogP contribution is -2.26. The van der Waals surface area contributed by atoms with Crippen LogP contribution in [-0.2, 0) is 26.2 Å². The molecular weight excluding hydrogens is 381 g/mol. The van der Waals surface area contributed by atoms with E-state index in [2.05, 4.69) is 4.72 Å². The van der Waals surface area contributed by atoms with E-state index >= 15 is 0 Å². The molecule has 0 radical (unpaired) electrons. The molecule has 23 heavy (non-hydrogen) atoms. The van der Waals surface area contributed by atoms with Crippen molar-refractivity contribution in [2.24, 2.45) is 0 Å². The highest BCUT2D eigenvalue weighted by molar-refractivity contribution is 7.91. The summed E-state index contributed by atoms with van der Waals surface area (Å²) in [7, 11) is -3.57. The fraction of sp³-hybridized carbons (Fsp3) is 0.214. The Morgan fingerprint density at radius 2 is 2.04 bits per heavy atom. The highest BCUT2D eigenvalue weighted by atomic mass is 35.5. The maximum absolute atomic E-state index is 11.8. The molecule has 0 saturated heterocycles. The number of esters is 1. The molecule has 0 fully saturated rings. The quantitative estimate of drug-likeness (QED) is 0.730. The van der Waals surface area contributed by atoms with Crippen LogP contribution in [0, 0.1) is 0 Å². The Balaban J connectivity index is 1.77. The summed E-state index contributed by atoms with van der Waals surface area (Å²) in [5.41, 5.74) is 0.628. The van der Waals surface area contributed by atoms with Crippen LogP contribution >= 0.6 is 34.5 Å². The van der Waals surface area contributed by atoms with Crippen molar-refractivity contribution >= 4 is 50.5 Å². The van der Waals surface area contributed by atoms with E-state index in [9.17, 15) is 13.2 Å². The Kier molecular flexibility index (Phi) is 6.43. The van der Waals surface area contributed by atoms with Crippen molar-refractivity contribution in [1.29, 1.82) is 0 Å². The van der Waals surface area contributed by atoms with Gasteiger partial charge in [-0.25, -0.2) is 13.1 Å². The predicted octanol–water partition coefficient (Wildman–Crippen LogP) is 3.47. The fourth-order valence-electron chi connectivity index (χ4n) is 1.64. The summed E-state index contributed by atoms with van der Waals surface area (Å²) in [4.78, 5) is 11.6. The lowest BCUT2D eigenvalue weighted by molar-refractivity contribution is -0.144. The molecular formula is C14H13Cl2NO4S2. The van der Waals surface area contributed by atoms with Gasteiger partial charge in [0, 0.05) is 22.2 Å². The number of ether oxygens (including phenoxy) is 1. The van der Waals surface area contributed by atoms with E-state index in [0.717, 1.165) is 11.3 Å². The standard InChI is InChI=1S/C14H13Cl2NO4S2/c15-11-4-3-10(12(16)8-11)9-21-13(18)5-6-17-23(19,20)14-2-1-7-22-14/h1-4,7-8,17H,5-6,9H2. The SMILES string of the molecule is O=C(CCNS(=O)(=O)c1cccs1)OCc1ccc(Cl)cc1Cl. The van der Waals surface area contributed by atoms with Crippen LogP contribution in [0.25, 0.3) is 0 Å². The molecule has 0 saturated carbocycles. The van der Waals surface area contributed by atoms with Gasteiger partial charge in [-0.3, -0.25) is 4.79 Å². The number of carbonyl (C=O) groups is 1. The molecule has 0 aliphatic rings. The Bertz CT molecular complexity index is 776. The maximum atomic E-state index is 11.8. The second kappa shape index (κ2) is 8.12. The van der Waals surface area contributed by atoms with Crippen molar-refractivity contribution in [3.8, 4) is 0 Å². The van der Waals surface area contributed by atoms with Gasteiger partial charge in [0.15, 0.2) is 0 Å². The molecule has 0 bridgehead atoms. The first kappa shape index (κ1) is 18.2. The Labute approximate surface area is 148 Å². The smallest absolute Gasteiger partial charge is 0.307 e. The number of nitrogens with one attached hydrogen (secondary N) is 1. The summed E-state index contributed by atoms with van der Waals surface area (Å²) in [6.07, 6.45) is -0.0736. The van der Waals surface area contributed by atoms with Crippen LogP contribution in [0.3, 0.4) is 0 Å². The molecule has 0 spiro atoms. The fourth-order valence-corrected chi connectivity index (χ4v) is 4.18. The average Bonchev–Trinajstić information content (AvgIpc) is 3.01. The summed E-state index contributed by atoms with van der Waals surface area (Å²) in [6.45, 7) is -0.0279. The van der Waals surface area contributed by atoms with Gasteiger partial charge in [0.1, 0.15) is 10.8 Å². The van der Waals surface area contributed by atoms with E-state index < -0.39 is 16.0 Å². The molecule has 0 atom stereocenters. The van der Waals surface area contributed by atoms with Crippen LogP contribution < -0.4 is 4.72 Å². The van der Waals surface area contributed by atoms with Crippen LogP contribution in [0.15, 0.2) is 39.9 Å². The minimum atomic E-state index is -3.57. The van der Waals surface area contributed by atoms with Gasteiger partial charge >= 0.3 is 5.97 Å². The largest absolute Gasteiger partial charge is 0.461 e. The molecule has 1 N–H and O–H groups in total. The van der Waals surface area contributed by atoms with Crippen LogP contribution in [0.1, 0.15) is 12.0 Å². The van der Waals surface area contributed by atoms with Gasteiger partial charge < -0.3 is 4.74 Å². The van der Waals surface area contributed by atoms with Crippen molar-refractivity contribution in [2.75, 3.05) is 6.54 Å². The summed E-state index contributed by atoms with van der Waals surface area (Å²) in [6, 6.07) is 8.00. The molecule has 1 aromatic heterocycles. The van der Waals surface area contributed by atoms with E-state index in [0.29, 0.717) is 15.6 Å². The number of halogens is 2. The number of rotatable bonds is 7. The van der Waals surface area contributed by atoms with Gasteiger partial charge in [-0.2, -0.15) is 0 Å². The monoisotopic (exact) mass is 393 g/mol. The molecule has 1 aromatic carbocycles. The second-order valence-electron chi connectivity index (χ2n) is 4.48. The minimum Gasteiger partial charge on any atom is -0.461 e. The highest BCUT2D eigenvalue weighted by Crippen LogP contribution is 2.21. The molecule has 2 rings (SSSR count). The van der Waals surface area contributed by atoms with Crippen LogP contribution in [-0.4, -0.2) is 20.9 Å². The van der Waals surface area contributed by atoms with E-state index in [4.69, 9.17) is 27.9 Å². The Hall–Kier alpha value is -1.12. The van der Waals surface area contributed by atoms with Crippen LogP contribution in [0.4, 0.5) is 0 Å². The first-order chi connectivity index (χ1) is 10.9. The van der Waals surface area contributed by atoms with Crippen molar-refractivity contribution < 1.29 is 17.9 Å². The first-order valence-corrected chi connectivity index (χ1v) is 9.63. The molecule has 124 valence electrons.